The molecule has 0 bridgehead atoms. The number of halogens is 1. The van der Waals surface area contributed by atoms with Gasteiger partial charge in [-0.1, -0.05) is 13.8 Å². The van der Waals surface area contributed by atoms with Crippen molar-refractivity contribution in [3.63, 3.8) is 0 Å². The zero-order chi connectivity index (χ0) is 16.9. The summed E-state index contributed by atoms with van der Waals surface area (Å²) in [5, 5.41) is 6.73. The van der Waals surface area contributed by atoms with Gasteiger partial charge in [0.15, 0.2) is 5.96 Å². The van der Waals surface area contributed by atoms with Crippen LogP contribution in [0.15, 0.2) is 4.99 Å². The summed E-state index contributed by atoms with van der Waals surface area (Å²) in [5.74, 6) is 1.43. The van der Waals surface area contributed by atoms with Crippen LogP contribution in [0.2, 0.25) is 0 Å². The summed E-state index contributed by atoms with van der Waals surface area (Å²) in [6, 6.07) is 0. The van der Waals surface area contributed by atoms with Gasteiger partial charge >= 0.3 is 0 Å². The molecular formula is C17H37IN4O2. The standard InChI is InChI=1S/C17H36N4O2.HI/c1-5-18-17(19-8-7-16(15(3)4)23-6-2)20-9-10-21-11-13-22-14-12-21;/h15-16H,5-14H2,1-4H3,(H2,18,19,20);1H. The average molecular weight is 456 g/mol. The lowest BCUT2D eigenvalue weighted by Crippen LogP contribution is -2.44. The second kappa shape index (κ2) is 15.2. The number of morpholine rings is 1. The topological polar surface area (TPSA) is 58.1 Å². The van der Waals surface area contributed by atoms with Crippen LogP contribution in [-0.2, 0) is 9.47 Å². The lowest BCUT2D eigenvalue weighted by molar-refractivity contribution is 0.0266. The lowest BCUT2D eigenvalue weighted by Gasteiger charge is -2.26. The fourth-order valence-corrected chi connectivity index (χ4v) is 2.63. The molecule has 1 unspecified atom stereocenters. The average Bonchev–Trinajstić information content (AvgIpc) is 2.55. The van der Waals surface area contributed by atoms with Gasteiger partial charge in [0.05, 0.1) is 19.3 Å². The highest BCUT2D eigenvalue weighted by Crippen LogP contribution is 2.10. The van der Waals surface area contributed by atoms with Gasteiger partial charge in [-0.2, -0.15) is 0 Å². The Bertz CT molecular complexity index is 324. The van der Waals surface area contributed by atoms with Crippen molar-refractivity contribution >= 4 is 29.9 Å². The molecule has 0 amide bonds. The highest BCUT2D eigenvalue weighted by molar-refractivity contribution is 14.0. The van der Waals surface area contributed by atoms with E-state index in [2.05, 4.69) is 48.2 Å². The number of hydrogen-bond acceptors (Lipinski definition) is 4. The maximum absolute atomic E-state index is 5.78. The van der Waals surface area contributed by atoms with Crippen LogP contribution in [0, 0.1) is 5.92 Å². The molecule has 1 aliphatic rings. The largest absolute Gasteiger partial charge is 0.379 e. The zero-order valence-corrected chi connectivity index (χ0v) is 18.2. The fourth-order valence-electron chi connectivity index (χ4n) is 2.63. The van der Waals surface area contributed by atoms with Crippen LogP contribution in [0.25, 0.3) is 0 Å². The molecule has 7 heteroatoms. The van der Waals surface area contributed by atoms with E-state index in [1.54, 1.807) is 0 Å². The van der Waals surface area contributed by atoms with Crippen LogP contribution < -0.4 is 10.6 Å². The van der Waals surface area contributed by atoms with Gasteiger partial charge in [-0.3, -0.25) is 9.89 Å². The van der Waals surface area contributed by atoms with E-state index >= 15 is 0 Å². The van der Waals surface area contributed by atoms with Crippen LogP contribution >= 0.6 is 24.0 Å². The number of rotatable bonds is 10. The molecule has 24 heavy (non-hydrogen) atoms. The molecule has 0 aromatic heterocycles. The highest BCUT2D eigenvalue weighted by Gasteiger charge is 2.13. The molecule has 1 aliphatic heterocycles. The first kappa shape index (κ1) is 23.9. The SMILES string of the molecule is CCNC(=NCCC(OCC)C(C)C)NCCN1CCOCC1.I. The Morgan fingerprint density at radius 2 is 1.92 bits per heavy atom. The minimum Gasteiger partial charge on any atom is -0.379 e. The zero-order valence-electron chi connectivity index (χ0n) is 15.8. The van der Waals surface area contributed by atoms with Gasteiger partial charge in [-0.25, -0.2) is 0 Å². The number of ether oxygens (including phenoxy) is 2. The Kier molecular flexibility index (Phi) is 15.1. The molecule has 0 radical (unpaired) electrons. The number of aliphatic imine (C=N–C) groups is 1. The third-order valence-corrected chi connectivity index (χ3v) is 3.98. The minimum atomic E-state index is 0. The van der Waals surface area contributed by atoms with Gasteiger partial charge in [-0.05, 0) is 26.2 Å². The van der Waals surface area contributed by atoms with Crippen molar-refractivity contribution in [1.29, 1.82) is 0 Å². The lowest BCUT2D eigenvalue weighted by atomic mass is 10.0. The van der Waals surface area contributed by atoms with E-state index in [1.807, 2.05) is 0 Å². The smallest absolute Gasteiger partial charge is 0.191 e. The molecule has 0 aromatic carbocycles. The Hall–Kier alpha value is -0.120. The van der Waals surface area contributed by atoms with Crippen molar-refractivity contribution in [3.8, 4) is 0 Å². The van der Waals surface area contributed by atoms with Crippen molar-refractivity contribution in [3.05, 3.63) is 0 Å². The molecule has 0 saturated carbocycles. The molecule has 1 saturated heterocycles. The molecule has 2 N–H and O–H groups in total. The Morgan fingerprint density at radius 1 is 1.21 bits per heavy atom. The predicted octanol–water partition coefficient (Wildman–Crippen LogP) is 1.94. The molecule has 0 aliphatic carbocycles. The first-order valence-corrected chi connectivity index (χ1v) is 9.11. The first-order valence-electron chi connectivity index (χ1n) is 9.11. The maximum Gasteiger partial charge on any atom is 0.191 e. The van der Waals surface area contributed by atoms with E-state index in [1.165, 1.54) is 0 Å². The summed E-state index contributed by atoms with van der Waals surface area (Å²) in [7, 11) is 0. The molecule has 0 spiro atoms. The van der Waals surface area contributed by atoms with E-state index in [-0.39, 0.29) is 24.0 Å². The molecule has 144 valence electrons. The Morgan fingerprint density at radius 3 is 2.50 bits per heavy atom. The summed E-state index contributed by atoms with van der Waals surface area (Å²) in [6.45, 7) is 16.7. The van der Waals surface area contributed by atoms with E-state index in [4.69, 9.17) is 9.47 Å². The molecule has 0 aromatic rings. The fraction of sp³-hybridized carbons (Fsp3) is 0.941. The van der Waals surface area contributed by atoms with E-state index in [9.17, 15) is 0 Å². The van der Waals surface area contributed by atoms with E-state index in [0.717, 1.165) is 71.5 Å². The van der Waals surface area contributed by atoms with Crippen molar-refractivity contribution < 1.29 is 9.47 Å². The van der Waals surface area contributed by atoms with Crippen LogP contribution in [0.5, 0.6) is 0 Å². The number of nitrogens with one attached hydrogen (secondary N) is 2. The highest BCUT2D eigenvalue weighted by atomic mass is 127. The molecule has 1 heterocycles. The third kappa shape index (κ3) is 10.7. The Labute approximate surface area is 165 Å². The van der Waals surface area contributed by atoms with Crippen LogP contribution in [0.3, 0.4) is 0 Å². The number of hydrogen-bond donors (Lipinski definition) is 2. The molecule has 1 atom stereocenters. The van der Waals surface area contributed by atoms with Crippen LogP contribution in [0.1, 0.15) is 34.1 Å². The maximum atomic E-state index is 5.78. The normalized spacial score (nSPS) is 17.5. The summed E-state index contributed by atoms with van der Waals surface area (Å²) in [4.78, 5) is 7.09. The van der Waals surface area contributed by atoms with Gasteiger partial charge in [0, 0.05) is 45.9 Å². The van der Waals surface area contributed by atoms with Crippen LogP contribution in [0.4, 0.5) is 0 Å². The third-order valence-electron chi connectivity index (χ3n) is 3.98. The monoisotopic (exact) mass is 456 g/mol. The Balaban J connectivity index is 0.00000529. The van der Waals surface area contributed by atoms with Gasteiger partial charge in [0.25, 0.3) is 0 Å². The van der Waals surface area contributed by atoms with Gasteiger partial charge in [0.1, 0.15) is 0 Å². The van der Waals surface area contributed by atoms with Crippen molar-refractivity contribution in [2.24, 2.45) is 10.9 Å². The summed E-state index contributed by atoms with van der Waals surface area (Å²) < 4.78 is 11.1. The summed E-state index contributed by atoms with van der Waals surface area (Å²) >= 11 is 0. The van der Waals surface area contributed by atoms with Gasteiger partial charge < -0.3 is 20.1 Å². The summed E-state index contributed by atoms with van der Waals surface area (Å²) in [6.07, 6.45) is 1.26. The van der Waals surface area contributed by atoms with E-state index < -0.39 is 0 Å². The molecular weight excluding hydrogens is 419 g/mol. The van der Waals surface area contributed by atoms with Crippen molar-refractivity contribution in [1.82, 2.24) is 15.5 Å². The summed E-state index contributed by atoms with van der Waals surface area (Å²) in [5.41, 5.74) is 0. The van der Waals surface area contributed by atoms with Gasteiger partial charge in [0.2, 0.25) is 0 Å². The second-order valence-corrected chi connectivity index (χ2v) is 6.17. The quantitative estimate of drug-likeness (QED) is 0.299. The minimum absolute atomic E-state index is 0. The molecule has 1 fully saturated rings. The first-order chi connectivity index (χ1) is 11.2. The second-order valence-electron chi connectivity index (χ2n) is 6.17. The molecule has 6 nitrogen and oxygen atoms in total. The predicted molar refractivity (Wildman–Crippen MR) is 112 cm³/mol. The van der Waals surface area contributed by atoms with Crippen molar-refractivity contribution in [2.45, 2.75) is 40.2 Å². The molecule has 1 rings (SSSR count). The van der Waals surface area contributed by atoms with Crippen molar-refractivity contribution in [2.75, 3.05) is 59.1 Å². The number of guanidine groups is 1. The number of nitrogens with zero attached hydrogens (tertiary/aromatic N) is 2. The van der Waals surface area contributed by atoms with Gasteiger partial charge in [-0.15, -0.1) is 24.0 Å². The van der Waals surface area contributed by atoms with E-state index in [0.29, 0.717) is 12.0 Å². The van der Waals surface area contributed by atoms with Crippen LogP contribution in [-0.4, -0.2) is 76.1 Å².